The van der Waals surface area contributed by atoms with Gasteiger partial charge in [-0.3, -0.25) is 4.98 Å². The first kappa shape index (κ1) is 15.2. The molecule has 0 aliphatic carbocycles. The fourth-order valence-corrected chi connectivity index (χ4v) is 1.45. The Morgan fingerprint density at radius 2 is 2.26 bits per heavy atom. The number of rotatable bonds is 4. The van der Waals surface area contributed by atoms with Gasteiger partial charge in [0.1, 0.15) is 5.60 Å². The summed E-state index contributed by atoms with van der Waals surface area (Å²) in [5.74, 6) is 0. The Hall–Kier alpha value is -1.84. The van der Waals surface area contributed by atoms with Gasteiger partial charge in [0, 0.05) is 18.4 Å². The summed E-state index contributed by atoms with van der Waals surface area (Å²) in [6.45, 7) is 7.48. The van der Waals surface area contributed by atoms with Gasteiger partial charge < -0.3 is 10.1 Å². The largest absolute Gasteiger partial charge is 0.444 e. The van der Waals surface area contributed by atoms with Gasteiger partial charge in [0.2, 0.25) is 0 Å². The molecule has 1 N–H and O–H groups in total. The lowest BCUT2D eigenvalue weighted by atomic mass is 10.2. The molecule has 4 nitrogen and oxygen atoms in total. The zero-order valence-electron chi connectivity index (χ0n) is 12.0. The zero-order chi connectivity index (χ0) is 14.3. The molecule has 0 fully saturated rings. The van der Waals surface area contributed by atoms with Gasteiger partial charge in [-0.05, 0) is 45.7 Å². The topological polar surface area (TPSA) is 51.2 Å². The molecule has 1 aromatic rings. The van der Waals surface area contributed by atoms with Crippen molar-refractivity contribution in [2.45, 2.75) is 45.8 Å². The molecule has 0 aliphatic rings. The summed E-state index contributed by atoms with van der Waals surface area (Å²) in [6.07, 6.45) is 7.90. The lowest BCUT2D eigenvalue weighted by molar-refractivity contribution is 0.0509. The van der Waals surface area contributed by atoms with Crippen molar-refractivity contribution < 1.29 is 9.53 Å². The molecule has 0 bridgehead atoms. The molecule has 0 saturated heterocycles. The number of hydrogen-bond acceptors (Lipinski definition) is 3. The number of nitrogens with zero attached hydrogens (tertiary/aromatic N) is 1. The molecule has 0 aromatic carbocycles. The van der Waals surface area contributed by atoms with Crippen LogP contribution in [0.25, 0.3) is 6.08 Å². The van der Waals surface area contributed by atoms with E-state index in [-0.39, 0.29) is 12.1 Å². The second kappa shape index (κ2) is 6.92. The minimum Gasteiger partial charge on any atom is -0.444 e. The SMILES string of the molecule is CC(C/C=C\c1cccnc1)NC(=O)OC(C)(C)C. The Bertz CT molecular complexity index is 422. The molecule has 1 amide bonds. The average molecular weight is 262 g/mol. The molecule has 1 heterocycles. The van der Waals surface area contributed by atoms with E-state index in [1.807, 2.05) is 52.0 Å². The van der Waals surface area contributed by atoms with Gasteiger partial charge >= 0.3 is 6.09 Å². The highest BCUT2D eigenvalue weighted by atomic mass is 16.6. The van der Waals surface area contributed by atoms with E-state index < -0.39 is 5.60 Å². The molecule has 4 heteroatoms. The van der Waals surface area contributed by atoms with E-state index in [9.17, 15) is 4.79 Å². The van der Waals surface area contributed by atoms with Crippen LogP contribution in [0.2, 0.25) is 0 Å². The second-order valence-corrected chi connectivity index (χ2v) is 5.47. The normalized spacial score (nSPS) is 13.3. The Kier molecular flexibility index (Phi) is 5.55. The van der Waals surface area contributed by atoms with Crippen molar-refractivity contribution in [2.24, 2.45) is 0 Å². The lowest BCUT2D eigenvalue weighted by Gasteiger charge is -2.21. The second-order valence-electron chi connectivity index (χ2n) is 5.47. The number of ether oxygens (including phenoxy) is 1. The fourth-order valence-electron chi connectivity index (χ4n) is 1.45. The van der Waals surface area contributed by atoms with E-state index in [2.05, 4.69) is 10.3 Å². The maximum absolute atomic E-state index is 11.5. The first-order valence-electron chi connectivity index (χ1n) is 6.43. The molecule has 1 unspecified atom stereocenters. The Morgan fingerprint density at radius 3 is 2.84 bits per heavy atom. The van der Waals surface area contributed by atoms with Crippen molar-refractivity contribution >= 4 is 12.2 Å². The zero-order valence-corrected chi connectivity index (χ0v) is 12.0. The van der Waals surface area contributed by atoms with Crippen LogP contribution in [0.15, 0.2) is 30.6 Å². The third-order valence-electron chi connectivity index (χ3n) is 2.25. The number of pyridine rings is 1. The van der Waals surface area contributed by atoms with E-state index in [0.717, 1.165) is 12.0 Å². The molecular weight excluding hydrogens is 240 g/mol. The number of carbonyl (C=O) groups excluding carboxylic acids is 1. The molecule has 0 radical (unpaired) electrons. The first-order valence-corrected chi connectivity index (χ1v) is 6.43. The summed E-state index contributed by atoms with van der Waals surface area (Å²) in [5, 5.41) is 2.79. The standard InChI is InChI=1S/C15H22N2O2/c1-12(17-14(18)19-15(2,3)4)7-5-8-13-9-6-10-16-11-13/h5-6,8-12H,7H2,1-4H3,(H,17,18)/b8-5-. The van der Waals surface area contributed by atoms with Crippen LogP contribution in [-0.4, -0.2) is 22.7 Å². The van der Waals surface area contributed by atoms with E-state index in [1.54, 1.807) is 12.4 Å². The fraction of sp³-hybridized carbons (Fsp3) is 0.467. The number of nitrogens with one attached hydrogen (secondary N) is 1. The summed E-state index contributed by atoms with van der Waals surface area (Å²) in [7, 11) is 0. The Labute approximate surface area is 114 Å². The van der Waals surface area contributed by atoms with E-state index in [4.69, 9.17) is 4.74 Å². The molecule has 0 spiro atoms. The maximum Gasteiger partial charge on any atom is 0.407 e. The molecule has 19 heavy (non-hydrogen) atoms. The van der Waals surface area contributed by atoms with Gasteiger partial charge in [0.15, 0.2) is 0 Å². The van der Waals surface area contributed by atoms with Gasteiger partial charge in [0.25, 0.3) is 0 Å². The number of hydrogen-bond donors (Lipinski definition) is 1. The Morgan fingerprint density at radius 1 is 1.53 bits per heavy atom. The predicted molar refractivity (Wildman–Crippen MR) is 76.7 cm³/mol. The van der Waals surface area contributed by atoms with Crippen LogP contribution >= 0.6 is 0 Å². The predicted octanol–water partition coefficient (Wildman–Crippen LogP) is 3.40. The van der Waals surface area contributed by atoms with Crippen molar-refractivity contribution in [3.63, 3.8) is 0 Å². The highest BCUT2D eigenvalue weighted by Crippen LogP contribution is 2.07. The number of amides is 1. The highest BCUT2D eigenvalue weighted by Gasteiger charge is 2.16. The number of aromatic nitrogens is 1. The van der Waals surface area contributed by atoms with Crippen LogP contribution < -0.4 is 5.32 Å². The molecular formula is C15H22N2O2. The van der Waals surface area contributed by atoms with Gasteiger partial charge in [-0.1, -0.05) is 18.2 Å². The minimum atomic E-state index is -0.463. The monoisotopic (exact) mass is 262 g/mol. The molecule has 1 atom stereocenters. The average Bonchev–Trinajstić information content (AvgIpc) is 2.27. The third-order valence-corrected chi connectivity index (χ3v) is 2.25. The summed E-state index contributed by atoms with van der Waals surface area (Å²) in [6, 6.07) is 3.90. The van der Waals surface area contributed by atoms with Crippen LogP contribution in [0.1, 0.15) is 39.7 Å². The van der Waals surface area contributed by atoms with Crippen LogP contribution in [-0.2, 0) is 4.74 Å². The minimum absolute atomic E-state index is 0.0303. The number of alkyl carbamates (subject to hydrolysis) is 1. The van der Waals surface area contributed by atoms with Crippen LogP contribution in [0.3, 0.4) is 0 Å². The first-order chi connectivity index (χ1) is 8.87. The summed E-state index contributed by atoms with van der Waals surface area (Å²) in [5.41, 5.74) is 0.585. The lowest BCUT2D eigenvalue weighted by Crippen LogP contribution is -2.37. The highest BCUT2D eigenvalue weighted by molar-refractivity contribution is 5.68. The van der Waals surface area contributed by atoms with Gasteiger partial charge in [-0.25, -0.2) is 4.79 Å². The summed E-state index contributed by atoms with van der Waals surface area (Å²) in [4.78, 5) is 15.6. The van der Waals surface area contributed by atoms with Gasteiger partial charge in [-0.2, -0.15) is 0 Å². The Balaban J connectivity index is 2.34. The smallest absolute Gasteiger partial charge is 0.407 e. The van der Waals surface area contributed by atoms with Gasteiger partial charge in [-0.15, -0.1) is 0 Å². The number of carbonyl (C=O) groups is 1. The van der Waals surface area contributed by atoms with Crippen molar-refractivity contribution in [3.05, 3.63) is 36.2 Å². The van der Waals surface area contributed by atoms with Crippen molar-refractivity contribution in [2.75, 3.05) is 0 Å². The van der Waals surface area contributed by atoms with Crippen molar-refractivity contribution in [1.82, 2.24) is 10.3 Å². The summed E-state index contributed by atoms with van der Waals surface area (Å²) < 4.78 is 5.19. The van der Waals surface area contributed by atoms with Crippen LogP contribution in [0.5, 0.6) is 0 Å². The summed E-state index contributed by atoms with van der Waals surface area (Å²) >= 11 is 0. The van der Waals surface area contributed by atoms with Crippen LogP contribution in [0.4, 0.5) is 4.79 Å². The molecule has 104 valence electrons. The van der Waals surface area contributed by atoms with E-state index in [0.29, 0.717) is 0 Å². The van der Waals surface area contributed by atoms with Crippen molar-refractivity contribution in [3.8, 4) is 0 Å². The molecule has 0 saturated carbocycles. The third kappa shape index (κ3) is 7.24. The van der Waals surface area contributed by atoms with Crippen molar-refractivity contribution in [1.29, 1.82) is 0 Å². The van der Waals surface area contributed by atoms with Gasteiger partial charge in [0.05, 0.1) is 0 Å². The molecule has 1 rings (SSSR count). The quantitative estimate of drug-likeness (QED) is 0.904. The molecule has 0 aliphatic heterocycles. The van der Waals surface area contributed by atoms with Crippen LogP contribution in [0, 0.1) is 0 Å². The maximum atomic E-state index is 11.5. The van der Waals surface area contributed by atoms with E-state index in [1.165, 1.54) is 0 Å². The molecule has 1 aromatic heterocycles. The van der Waals surface area contributed by atoms with E-state index >= 15 is 0 Å².